The Kier molecular flexibility index (Phi) is 4.93. The van der Waals surface area contributed by atoms with Gasteiger partial charge in [-0.2, -0.15) is 5.10 Å². The summed E-state index contributed by atoms with van der Waals surface area (Å²) in [5.41, 5.74) is 3.29. The maximum Gasteiger partial charge on any atom is 0.258 e. The van der Waals surface area contributed by atoms with Crippen molar-refractivity contribution in [3.8, 4) is 5.69 Å². The van der Waals surface area contributed by atoms with E-state index in [0.717, 1.165) is 16.9 Å². The molecule has 0 aliphatic carbocycles. The van der Waals surface area contributed by atoms with Crippen LogP contribution in [0.3, 0.4) is 0 Å². The Hall–Kier alpha value is -3.03. The van der Waals surface area contributed by atoms with Gasteiger partial charge in [-0.1, -0.05) is 23.7 Å². The van der Waals surface area contributed by atoms with Gasteiger partial charge >= 0.3 is 0 Å². The summed E-state index contributed by atoms with van der Waals surface area (Å²) < 4.78 is 3.18. The number of fused-ring (bicyclic) bond motifs is 1. The summed E-state index contributed by atoms with van der Waals surface area (Å²) in [6.07, 6.45) is 4.76. The van der Waals surface area contributed by atoms with E-state index in [4.69, 9.17) is 11.6 Å². The summed E-state index contributed by atoms with van der Waals surface area (Å²) in [6.45, 7) is 2.68. The van der Waals surface area contributed by atoms with Crippen LogP contribution in [0.2, 0.25) is 5.02 Å². The predicted octanol–water partition coefficient (Wildman–Crippen LogP) is 3.12. The highest BCUT2D eigenvalue weighted by atomic mass is 35.5. The van der Waals surface area contributed by atoms with Crippen LogP contribution in [0.25, 0.3) is 11.3 Å². The normalized spacial score (nSPS) is 12.6. The molecule has 8 heteroatoms. The Balaban J connectivity index is 1.53. The van der Waals surface area contributed by atoms with E-state index in [1.54, 1.807) is 35.4 Å². The standard InChI is InChI=1S/C20H19ClN6O/c1-14(15-3-6-18(7-4-15)27-13-22-12-23-27)25(2)11-17-9-20(28)26-10-16(21)5-8-19(26)24-17/h3-10,12-14H,11H2,1-2H3. The summed E-state index contributed by atoms with van der Waals surface area (Å²) in [5.74, 6) is 0. The average molecular weight is 395 g/mol. The number of halogens is 1. The molecule has 0 aliphatic rings. The third kappa shape index (κ3) is 3.67. The smallest absolute Gasteiger partial charge is 0.258 e. The Morgan fingerprint density at radius 2 is 1.96 bits per heavy atom. The number of hydrogen-bond donors (Lipinski definition) is 0. The molecule has 0 spiro atoms. The molecular weight excluding hydrogens is 376 g/mol. The largest absolute Gasteiger partial charge is 0.294 e. The molecular formula is C20H19ClN6O. The fourth-order valence-electron chi connectivity index (χ4n) is 3.10. The summed E-state index contributed by atoms with van der Waals surface area (Å²) in [6, 6.07) is 13.4. The first kappa shape index (κ1) is 18.3. The van der Waals surface area contributed by atoms with Gasteiger partial charge in [0.2, 0.25) is 0 Å². The fourth-order valence-corrected chi connectivity index (χ4v) is 3.26. The maximum absolute atomic E-state index is 12.4. The molecule has 28 heavy (non-hydrogen) atoms. The van der Waals surface area contributed by atoms with Crippen LogP contribution in [-0.2, 0) is 6.54 Å². The average Bonchev–Trinajstić information content (AvgIpc) is 3.23. The second-order valence-corrected chi connectivity index (χ2v) is 7.12. The van der Waals surface area contributed by atoms with Crippen molar-refractivity contribution in [1.29, 1.82) is 0 Å². The third-order valence-corrected chi connectivity index (χ3v) is 5.03. The lowest BCUT2D eigenvalue weighted by molar-refractivity contribution is 0.250. The van der Waals surface area contributed by atoms with Gasteiger partial charge in [0.1, 0.15) is 18.3 Å². The van der Waals surface area contributed by atoms with Crippen LogP contribution >= 0.6 is 11.6 Å². The first-order valence-corrected chi connectivity index (χ1v) is 9.22. The van der Waals surface area contributed by atoms with Crippen molar-refractivity contribution >= 4 is 17.2 Å². The number of benzene rings is 1. The molecule has 0 N–H and O–H groups in total. The zero-order valence-electron chi connectivity index (χ0n) is 15.5. The molecule has 3 aromatic heterocycles. The van der Waals surface area contributed by atoms with Gasteiger partial charge in [0.15, 0.2) is 0 Å². The minimum Gasteiger partial charge on any atom is -0.294 e. The van der Waals surface area contributed by atoms with Gasteiger partial charge in [0.25, 0.3) is 5.56 Å². The van der Waals surface area contributed by atoms with Crippen molar-refractivity contribution in [1.82, 2.24) is 29.0 Å². The van der Waals surface area contributed by atoms with E-state index in [0.29, 0.717) is 17.2 Å². The topological polar surface area (TPSA) is 68.3 Å². The molecule has 0 bridgehead atoms. The molecule has 0 saturated carbocycles. The number of hydrogen-bond acceptors (Lipinski definition) is 5. The van der Waals surface area contributed by atoms with Gasteiger partial charge in [-0.15, -0.1) is 0 Å². The molecule has 0 radical (unpaired) electrons. The van der Waals surface area contributed by atoms with Crippen LogP contribution in [0.1, 0.15) is 24.2 Å². The van der Waals surface area contributed by atoms with E-state index in [-0.39, 0.29) is 11.6 Å². The molecule has 4 aromatic rings. The van der Waals surface area contributed by atoms with Crippen molar-refractivity contribution in [3.05, 3.63) is 87.9 Å². The van der Waals surface area contributed by atoms with Crippen molar-refractivity contribution in [2.75, 3.05) is 7.05 Å². The van der Waals surface area contributed by atoms with E-state index < -0.39 is 0 Å². The van der Waals surface area contributed by atoms with E-state index in [1.807, 2.05) is 19.2 Å². The second-order valence-electron chi connectivity index (χ2n) is 6.68. The second kappa shape index (κ2) is 7.53. The third-order valence-electron chi connectivity index (χ3n) is 4.81. The van der Waals surface area contributed by atoms with Crippen molar-refractivity contribution < 1.29 is 0 Å². The molecule has 4 rings (SSSR count). The first-order valence-electron chi connectivity index (χ1n) is 8.84. The Bertz CT molecular complexity index is 1150. The first-order chi connectivity index (χ1) is 13.5. The Labute approximate surface area is 166 Å². The van der Waals surface area contributed by atoms with Crippen LogP contribution in [0.15, 0.2) is 66.1 Å². The van der Waals surface area contributed by atoms with Crippen LogP contribution in [0.4, 0.5) is 0 Å². The number of rotatable bonds is 5. The number of pyridine rings is 1. The molecule has 0 aliphatic heterocycles. The lowest BCUT2D eigenvalue weighted by Gasteiger charge is -2.25. The highest BCUT2D eigenvalue weighted by molar-refractivity contribution is 6.30. The molecule has 1 aromatic carbocycles. The lowest BCUT2D eigenvalue weighted by atomic mass is 10.1. The molecule has 0 fully saturated rings. The van der Waals surface area contributed by atoms with Crippen LogP contribution in [0.5, 0.6) is 0 Å². The van der Waals surface area contributed by atoms with E-state index >= 15 is 0 Å². The molecule has 3 heterocycles. The molecule has 142 valence electrons. The van der Waals surface area contributed by atoms with Crippen LogP contribution in [-0.4, -0.2) is 36.1 Å². The monoisotopic (exact) mass is 394 g/mol. The van der Waals surface area contributed by atoms with Gasteiger partial charge in [-0.3, -0.25) is 14.1 Å². The summed E-state index contributed by atoms with van der Waals surface area (Å²) in [7, 11) is 2.02. The molecule has 0 saturated heterocycles. The summed E-state index contributed by atoms with van der Waals surface area (Å²) >= 11 is 5.96. The minimum atomic E-state index is -0.138. The highest BCUT2D eigenvalue weighted by Gasteiger charge is 2.14. The molecule has 1 atom stereocenters. The minimum absolute atomic E-state index is 0.138. The van der Waals surface area contributed by atoms with Gasteiger partial charge < -0.3 is 0 Å². The SMILES string of the molecule is CC(c1ccc(-n2cncn2)cc1)N(C)Cc1cc(=O)n2cc(Cl)ccc2n1. The maximum atomic E-state index is 12.4. The van der Waals surface area contributed by atoms with Crippen LogP contribution < -0.4 is 5.56 Å². The van der Waals surface area contributed by atoms with Gasteiger partial charge in [0.05, 0.1) is 16.4 Å². The van der Waals surface area contributed by atoms with Crippen molar-refractivity contribution in [3.63, 3.8) is 0 Å². The van der Waals surface area contributed by atoms with Crippen molar-refractivity contribution in [2.24, 2.45) is 0 Å². The fraction of sp³-hybridized carbons (Fsp3) is 0.200. The zero-order chi connectivity index (χ0) is 19.7. The quantitative estimate of drug-likeness (QED) is 0.520. The van der Waals surface area contributed by atoms with Gasteiger partial charge in [-0.25, -0.2) is 14.6 Å². The Morgan fingerprint density at radius 1 is 1.18 bits per heavy atom. The highest BCUT2D eigenvalue weighted by Crippen LogP contribution is 2.21. The molecule has 1 unspecified atom stereocenters. The van der Waals surface area contributed by atoms with E-state index in [2.05, 4.69) is 39.0 Å². The summed E-state index contributed by atoms with van der Waals surface area (Å²) in [5, 5.41) is 4.64. The van der Waals surface area contributed by atoms with Crippen molar-refractivity contribution in [2.45, 2.75) is 19.5 Å². The van der Waals surface area contributed by atoms with E-state index in [1.165, 1.54) is 10.7 Å². The van der Waals surface area contributed by atoms with Crippen LogP contribution in [0, 0.1) is 0 Å². The number of aromatic nitrogens is 5. The number of nitrogens with zero attached hydrogens (tertiary/aromatic N) is 6. The predicted molar refractivity (Wildman–Crippen MR) is 108 cm³/mol. The zero-order valence-corrected chi connectivity index (χ0v) is 16.3. The molecule has 7 nitrogen and oxygen atoms in total. The lowest BCUT2D eigenvalue weighted by Crippen LogP contribution is -2.24. The summed E-state index contributed by atoms with van der Waals surface area (Å²) in [4.78, 5) is 23.1. The molecule has 0 amide bonds. The van der Waals surface area contributed by atoms with E-state index in [9.17, 15) is 4.79 Å². The van der Waals surface area contributed by atoms with Gasteiger partial charge in [-0.05, 0) is 43.8 Å². The van der Waals surface area contributed by atoms with Gasteiger partial charge in [0, 0.05) is 24.8 Å². The Morgan fingerprint density at radius 3 is 2.68 bits per heavy atom.